The molecule has 0 saturated carbocycles. The molecular weight excluding hydrogens is 352 g/mol. The molecule has 1 saturated heterocycles. The number of rotatable bonds is 6. The molecule has 0 spiro atoms. The molecule has 2 heterocycles. The number of anilines is 1. The lowest BCUT2D eigenvalue weighted by atomic mass is 9.93. The van der Waals surface area contributed by atoms with Crippen molar-refractivity contribution in [1.29, 1.82) is 0 Å². The van der Waals surface area contributed by atoms with E-state index >= 15 is 0 Å². The lowest BCUT2D eigenvalue weighted by Crippen LogP contribution is -2.28. The minimum atomic E-state index is 0.113. The Labute approximate surface area is 157 Å². The first-order valence-electron chi connectivity index (χ1n) is 8.69. The van der Waals surface area contributed by atoms with Crippen LogP contribution in [0.3, 0.4) is 0 Å². The van der Waals surface area contributed by atoms with Crippen LogP contribution in [0.5, 0.6) is 0 Å². The molecule has 134 valence electrons. The molecule has 1 aliphatic rings. The molecule has 3 rings (SSSR count). The van der Waals surface area contributed by atoms with Gasteiger partial charge in [0.25, 0.3) is 0 Å². The van der Waals surface area contributed by atoms with Gasteiger partial charge in [-0.15, -0.1) is 10.2 Å². The first-order chi connectivity index (χ1) is 12.1. The fourth-order valence-electron chi connectivity index (χ4n) is 2.98. The molecule has 0 bridgehead atoms. The van der Waals surface area contributed by atoms with Crippen LogP contribution in [0.1, 0.15) is 36.3 Å². The van der Waals surface area contributed by atoms with Gasteiger partial charge in [0.15, 0.2) is 4.34 Å². The van der Waals surface area contributed by atoms with E-state index in [0.717, 1.165) is 45.0 Å². The maximum absolute atomic E-state index is 12.2. The summed E-state index contributed by atoms with van der Waals surface area (Å²) in [5, 5.41) is 15.6. The van der Waals surface area contributed by atoms with Crippen molar-refractivity contribution in [3.8, 4) is 0 Å². The smallest absolute Gasteiger partial charge is 0.224 e. The van der Waals surface area contributed by atoms with Crippen LogP contribution in [-0.2, 0) is 4.79 Å². The number of aromatic nitrogens is 2. The van der Waals surface area contributed by atoms with Crippen LogP contribution >= 0.6 is 23.1 Å². The predicted molar refractivity (Wildman–Crippen MR) is 103 cm³/mol. The van der Waals surface area contributed by atoms with Crippen LogP contribution in [0.15, 0.2) is 27.4 Å². The second kappa shape index (κ2) is 8.78. The van der Waals surface area contributed by atoms with Gasteiger partial charge in [-0.3, -0.25) is 4.79 Å². The Morgan fingerprint density at radius 2 is 2.12 bits per heavy atom. The average Bonchev–Trinajstić information content (AvgIpc) is 3.01. The van der Waals surface area contributed by atoms with Crippen molar-refractivity contribution >= 4 is 34.7 Å². The summed E-state index contributed by atoms with van der Waals surface area (Å²) in [5.41, 5.74) is 1.97. The number of benzene rings is 1. The van der Waals surface area contributed by atoms with Crippen LogP contribution in [0.2, 0.25) is 0 Å². The van der Waals surface area contributed by atoms with Gasteiger partial charge in [-0.2, -0.15) is 0 Å². The van der Waals surface area contributed by atoms with Crippen molar-refractivity contribution < 1.29 is 4.79 Å². The summed E-state index contributed by atoms with van der Waals surface area (Å²) in [6.07, 6.45) is 3.95. The largest absolute Gasteiger partial charge is 0.326 e. The van der Waals surface area contributed by atoms with Crippen LogP contribution in [-0.4, -0.2) is 29.2 Å². The van der Waals surface area contributed by atoms with Gasteiger partial charge in [0.05, 0.1) is 0 Å². The number of hydrogen-bond acceptors (Lipinski definition) is 6. The van der Waals surface area contributed by atoms with E-state index in [0.29, 0.717) is 12.3 Å². The zero-order valence-corrected chi connectivity index (χ0v) is 16.3. The SMILES string of the molecule is Cc1nnc(Sc2ccc(NC(=O)CCC3CCNCC3)c(C)c2)s1. The molecule has 1 amide bonds. The number of hydrogen-bond donors (Lipinski definition) is 2. The number of nitrogens with one attached hydrogen (secondary N) is 2. The van der Waals surface area contributed by atoms with Crippen molar-refractivity contribution in [2.75, 3.05) is 18.4 Å². The highest BCUT2D eigenvalue weighted by Gasteiger charge is 2.15. The van der Waals surface area contributed by atoms with Gasteiger partial charge in [-0.25, -0.2) is 0 Å². The third-order valence-electron chi connectivity index (χ3n) is 4.42. The van der Waals surface area contributed by atoms with E-state index in [4.69, 9.17) is 0 Å². The summed E-state index contributed by atoms with van der Waals surface area (Å²) in [7, 11) is 0. The molecule has 25 heavy (non-hydrogen) atoms. The van der Waals surface area contributed by atoms with Crippen molar-refractivity contribution in [1.82, 2.24) is 15.5 Å². The lowest BCUT2D eigenvalue weighted by Gasteiger charge is -2.22. The number of amides is 1. The zero-order chi connectivity index (χ0) is 17.6. The second-order valence-electron chi connectivity index (χ2n) is 6.45. The average molecular weight is 377 g/mol. The van der Waals surface area contributed by atoms with Gasteiger partial charge in [-0.05, 0) is 75.9 Å². The van der Waals surface area contributed by atoms with E-state index in [1.807, 2.05) is 26.0 Å². The van der Waals surface area contributed by atoms with Gasteiger partial charge in [0.1, 0.15) is 5.01 Å². The molecule has 1 fully saturated rings. The molecular formula is C18H24N4OS2. The fraction of sp³-hybridized carbons (Fsp3) is 0.500. The number of carbonyl (C=O) groups is 1. The summed E-state index contributed by atoms with van der Waals surface area (Å²) in [5.74, 6) is 0.795. The summed E-state index contributed by atoms with van der Waals surface area (Å²) in [6.45, 7) is 6.14. The number of carbonyl (C=O) groups excluding carboxylic acids is 1. The molecule has 0 atom stereocenters. The van der Waals surface area contributed by atoms with E-state index in [1.165, 1.54) is 12.8 Å². The fourth-order valence-corrected chi connectivity index (χ4v) is 4.87. The first kappa shape index (κ1) is 18.4. The summed E-state index contributed by atoms with van der Waals surface area (Å²) >= 11 is 3.20. The third-order valence-corrected chi connectivity index (χ3v) is 6.30. The molecule has 5 nitrogen and oxygen atoms in total. The summed E-state index contributed by atoms with van der Waals surface area (Å²) in [4.78, 5) is 13.3. The zero-order valence-electron chi connectivity index (χ0n) is 14.7. The monoisotopic (exact) mass is 376 g/mol. The molecule has 1 aromatic heterocycles. The Bertz CT molecular complexity index is 726. The second-order valence-corrected chi connectivity index (χ2v) is 8.95. The Morgan fingerprint density at radius 3 is 2.80 bits per heavy atom. The molecule has 0 aliphatic carbocycles. The van der Waals surface area contributed by atoms with Crippen LogP contribution in [0, 0.1) is 19.8 Å². The molecule has 0 radical (unpaired) electrons. The first-order valence-corrected chi connectivity index (χ1v) is 10.3. The molecule has 0 unspecified atom stereocenters. The van der Waals surface area contributed by atoms with Gasteiger partial charge in [-0.1, -0.05) is 23.1 Å². The normalized spacial score (nSPS) is 15.3. The van der Waals surface area contributed by atoms with E-state index in [1.54, 1.807) is 23.1 Å². The topological polar surface area (TPSA) is 66.9 Å². The number of aryl methyl sites for hydroxylation is 2. The molecule has 7 heteroatoms. The van der Waals surface area contributed by atoms with Crippen molar-refractivity contribution in [2.24, 2.45) is 5.92 Å². The van der Waals surface area contributed by atoms with E-state index in [9.17, 15) is 4.79 Å². The standard InChI is InChI=1S/C18H24N4OS2/c1-12-11-15(25-18-22-21-13(2)24-18)4-5-16(12)20-17(23)6-3-14-7-9-19-10-8-14/h4-5,11,14,19H,3,6-10H2,1-2H3,(H,20,23). The Morgan fingerprint density at radius 1 is 1.32 bits per heavy atom. The van der Waals surface area contributed by atoms with Crippen LogP contribution < -0.4 is 10.6 Å². The molecule has 1 aromatic carbocycles. The van der Waals surface area contributed by atoms with Crippen LogP contribution in [0.25, 0.3) is 0 Å². The molecule has 1 aliphatic heterocycles. The van der Waals surface area contributed by atoms with Gasteiger partial charge < -0.3 is 10.6 Å². The lowest BCUT2D eigenvalue weighted by molar-refractivity contribution is -0.116. The van der Waals surface area contributed by atoms with E-state index < -0.39 is 0 Å². The Kier molecular flexibility index (Phi) is 6.45. The van der Waals surface area contributed by atoms with Gasteiger partial charge >= 0.3 is 0 Å². The summed E-state index contributed by atoms with van der Waals surface area (Å²) < 4.78 is 0.940. The highest BCUT2D eigenvalue weighted by atomic mass is 32.2. The Hall–Kier alpha value is -1.44. The minimum absolute atomic E-state index is 0.113. The van der Waals surface area contributed by atoms with Crippen LogP contribution in [0.4, 0.5) is 5.69 Å². The Balaban J connectivity index is 1.52. The third kappa shape index (κ3) is 5.52. The highest BCUT2D eigenvalue weighted by Crippen LogP contribution is 2.32. The van der Waals surface area contributed by atoms with Gasteiger partial charge in [0, 0.05) is 17.0 Å². The maximum Gasteiger partial charge on any atom is 0.224 e. The van der Waals surface area contributed by atoms with Crippen molar-refractivity contribution in [3.05, 3.63) is 28.8 Å². The van der Waals surface area contributed by atoms with E-state index in [2.05, 4.69) is 26.9 Å². The van der Waals surface area contributed by atoms with E-state index in [-0.39, 0.29) is 5.91 Å². The molecule has 2 N–H and O–H groups in total. The van der Waals surface area contributed by atoms with Gasteiger partial charge in [0.2, 0.25) is 5.91 Å². The maximum atomic E-state index is 12.2. The molecule has 2 aromatic rings. The number of nitrogens with zero attached hydrogens (tertiary/aromatic N) is 2. The van der Waals surface area contributed by atoms with Crippen molar-refractivity contribution in [3.63, 3.8) is 0 Å². The van der Waals surface area contributed by atoms with Crippen molar-refractivity contribution in [2.45, 2.75) is 48.8 Å². The quantitative estimate of drug-likeness (QED) is 0.797. The predicted octanol–water partition coefficient (Wildman–Crippen LogP) is 4.02. The minimum Gasteiger partial charge on any atom is -0.326 e. The highest BCUT2D eigenvalue weighted by molar-refractivity contribution is 8.01. The number of piperidine rings is 1. The summed E-state index contributed by atoms with van der Waals surface area (Å²) in [6, 6.07) is 6.09.